The number of nitrogens with one attached hydrogen (secondary N) is 2. The third-order valence-electron chi connectivity index (χ3n) is 3.55. The number of nitrogens with zero attached hydrogens (tertiary/aromatic N) is 1. The Kier molecular flexibility index (Phi) is 5.98. The van der Waals surface area contributed by atoms with Gasteiger partial charge in [-0.15, -0.1) is 22.7 Å². The zero-order valence-corrected chi connectivity index (χ0v) is 15.5. The maximum absolute atomic E-state index is 12.0. The smallest absolute Gasteiger partial charge is 0.243 e. The lowest BCUT2D eigenvalue weighted by Gasteiger charge is -2.07. The van der Waals surface area contributed by atoms with Gasteiger partial charge >= 0.3 is 0 Å². The molecule has 0 aliphatic carbocycles. The number of carbonyl (C=O) groups excluding carboxylic acids is 2. The Bertz CT molecular complexity index is 876. The van der Waals surface area contributed by atoms with E-state index in [1.165, 1.54) is 11.3 Å². The monoisotopic (exact) mass is 386 g/mol. The van der Waals surface area contributed by atoms with Crippen LogP contribution in [-0.4, -0.2) is 23.3 Å². The number of thiazole rings is 1. The Morgan fingerprint density at radius 3 is 2.62 bits per heavy atom. The summed E-state index contributed by atoms with van der Waals surface area (Å²) in [6, 6.07) is 13.1. The van der Waals surface area contributed by atoms with Crippen molar-refractivity contribution in [1.29, 1.82) is 0 Å². The first-order valence-electron chi connectivity index (χ1n) is 8.02. The van der Waals surface area contributed by atoms with E-state index < -0.39 is 0 Å². The van der Waals surface area contributed by atoms with E-state index in [1.54, 1.807) is 23.5 Å². The fraction of sp³-hybridized carbons (Fsp3) is 0.167. The molecule has 0 fully saturated rings. The molecule has 0 saturated heterocycles. The Morgan fingerprint density at radius 1 is 1.08 bits per heavy atom. The minimum Gasteiger partial charge on any atom is -0.375 e. The lowest BCUT2D eigenvalue weighted by atomic mass is 10.2. The van der Waals surface area contributed by atoms with Gasteiger partial charge in [-0.2, -0.15) is 0 Å². The van der Waals surface area contributed by atoms with E-state index >= 15 is 0 Å². The lowest BCUT2D eigenvalue weighted by molar-refractivity contribution is -0.124. The van der Waals surface area contributed by atoms with Gasteiger partial charge in [0.15, 0.2) is 5.13 Å². The highest BCUT2D eigenvalue weighted by molar-refractivity contribution is 7.17. The minimum absolute atomic E-state index is 0.0592. The molecule has 26 heavy (non-hydrogen) atoms. The molecule has 134 valence electrons. The van der Waals surface area contributed by atoms with Crippen molar-refractivity contribution in [1.82, 2.24) is 10.3 Å². The van der Waals surface area contributed by atoms with Gasteiger partial charge in [0.1, 0.15) is 0 Å². The summed E-state index contributed by atoms with van der Waals surface area (Å²) in [5.74, 6) is -0.442. The van der Waals surface area contributed by atoms with E-state index in [4.69, 9.17) is 5.73 Å². The number of thiophene rings is 1. The van der Waals surface area contributed by atoms with Crippen LogP contribution in [0.3, 0.4) is 0 Å². The van der Waals surface area contributed by atoms with Gasteiger partial charge in [0.2, 0.25) is 11.8 Å². The number of aromatic nitrogens is 1. The van der Waals surface area contributed by atoms with Crippen LogP contribution < -0.4 is 16.4 Å². The molecular weight excluding hydrogens is 368 g/mol. The number of carbonyl (C=O) groups is 2. The van der Waals surface area contributed by atoms with E-state index in [1.807, 2.05) is 35.7 Å². The summed E-state index contributed by atoms with van der Waals surface area (Å²) in [5, 5.41) is 7.83. The number of rotatable bonds is 7. The third kappa shape index (κ3) is 4.90. The molecule has 0 spiro atoms. The van der Waals surface area contributed by atoms with E-state index in [-0.39, 0.29) is 24.8 Å². The first kappa shape index (κ1) is 18.1. The second-order valence-electron chi connectivity index (χ2n) is 5.49. The maximum atomic E-state index is 12.0. The van der Waals surface area contributed by atoms with Crippen molar-refractivity contribution in [3.63, 3.8) is 0 Å². The van der Waals surface area contributed by atoms with Crippen molar-refractivity contribution in [3.05, 3.63) is 52.7 Å². The number of para-hydroxylation sites is 1. The summed E-state index contributed by atoms with van der Waals surface area (Å²) in [5.41, 5.74) is 7.37. The summed E-state index contributed by atoms with van der Waals surface area (Å²) >= 11 is 2.98. The van der Waals surface area contributed by atoms with Crippen molar-refractivity contribution in [2.24, 2.45) is 0 Å². The summed E-state index contributed by atoms with van der Waals surface area (Å²) in [6.07, 6.45) is 0.812. The molecular formula is C18H18N4O2S2. The van der Waals surface area contributed by atoms with Gasteiger partial charge in [0.25, 0.3) is 0 Å². The number of hydrogen-bond donors (Lipinski definition) is 3. The average molecular weight is 387 g/mol. The highest BCUT2D eigenvalue weighted by Gasteiger charge is 2.14. The topological polar surface area (TPSA) is 97.1 Å². The van der Waals surface area contributed by atoms with Crippen molar-refractivity contribution in [2.75, 3.05) is 17.6 Å². The highest BCUT2D eigenvalue weighted by Crippen LogP contribution is 2.33. The molecule has 0 aliphatic heterocycles. The molecule has 6 nitrogen and oxygen atoms in total. The molecule has 3 aromatic rings. The predicted octanol–water partition coefficient (Wildman–Crippen LogP) is 3.14. The highest BCUT2D eigenvalue weighted by atomic mass is 32.1. The summed E-state index contributed by atoms with van der Waals surface area (Å²) < 4.78 is 0. The summed E-state index contributed by atoms with van der Waals surface area (Å²) in [6.45, 7) is -0.0592. The molecule has 0 atom stereocenters. The van der Waals surface area contributed by atoms with Crippen LogP contribution in [0.25, 0.3) is 10.6 Å². The second kappa shape index (κ2) is 8.59. The molecule has 2 amide bonds. The first-order chi connectivity index (χ1) is 12.6. The largest absolute Gasteiger partial charge is 0.375 e. The molecule has 0 unspecified atom stereocenters. The van der Waals surface area contributed by atoms with E-state index in [9.17, 15) is 9.59 Å². The SMILES string of the molecule is Nc1nc(-c2cccs2)c(CCC(=O)NCC(=O)Nc2ccccc2)s1. The van der Waals surface area contributed by atoms with Crippen molar-refractivity contribution in [2.45, 2.75) is 12.8 Å². The number of amides is 2. The van der Waals surface area contributed by atoms with Gasteiger partial charge < -0.3 is 16.4 Å². The minimum atomic E-state index is -0.258. The average Bonchev–Trinajstić information content (AvgIpc) is 3.28. The molecule has 0 aliphatic rings. The molecule has 0 bridgehead atoms. The molecule has 2 aromatic heterocycles. The predicted molar refractivity (Wildman–Crippen MR) is 106 cm³/mol. The Hall–Kier alpha value is -2.71. The van der Waals surface area contributed by atoms with Crippen LogP contribution in [-0.2, 0) is 16.0 Å². The van der Waals surface area contributed by atoms with Crippen LogP contribution in [0.5, 0.6) is 0 Å². The zero-order chi connectivity index (χ0) is 18.4. The summed E-state index contributed by atoms with van der Waals surface area (Å²) in [7, 11) is 0. The van der Waals surface area contributed by atoms with Gasteiger partial charge in [0.05, 0.1) is 17.1 Å². The maximum Gasteiger partial charge on any atom is 0.243 e. The molecule has 0 saturated carbocycles. The number of anilines is 2. The lowest BCUT2D eigenvalue weighted by Crippen LogP contribution is -2.32. The number of benzene rings is 1. The normalized spacial score (nSPS) is 10.5. The van der Waals surface area contributed by atoms with Crippen LogP contribution in [0.15, 0.2) is 47.8 Å². The van der Waals surface area contributed by atoms with Crippen molar-refractivity contribution < 1.29 is 9.59 Å². The van der Waals surface area contributed by atoms with Crippen LogP contribution >= 0.6 is 22.7 Å². The molecule has 8 heteroatoms. The van der Waals surface area contributed by atoms with E-state index in [2.05, 4.69) is 15.6 Å². The Morgan fingerprint density at radius 2 is 1.88 bits per heavy atom. The van der Waals surface area contributed by atoms with Gasteiger partial charge in [-0.3, -0.25) is 9.59 Å². The number of aryl methyl sites for hydroxylation is 1. The molecule has 3 rings (SSSR count). The zero-order valence-electron chi connectivity index (χ0n) is 13.9. The molecule has 2 heterocycles. The number of nitrogen functional groups attached to an aromatic ring is 1. The van der Waals surface area contributed by atoms with Gasteiger partial charge in [0, 0.05) is 17.0 Å². The fourth-order valence-electron chi connectivity index (χ4n) is 2.37. The fourth-order valence-corrected chi connectivity index (χ4v) is 4.02. The number of hydrogen-bond acceptors (Lipinski definition) is 6. The van der Waals surface area contributed by atoms with Crippen molar-refractivity contribution in [3.8, 4) is 10.6 Å². The van der Waals surface area contributed by atoms with Gasteiger partial charge in [-0.25, -0.2) is 4.98 Å². The third-order valence-corrected chi connectivity index (χ3v) is 5.37. The number of nitrogens with two attached hydrogens (primary N) is 1. The quantitative estimate of drug-likeness (QED) is 0.581. The second-order valence-corrected chi connectivity index (χ2v) is 7.56. The summed E-state index contributed by atoms with van der Waals surface area (Å²) in [4.78, 5) is 30.3. The van der Waals surface area contributed by atoms with Gasteiger partial charge in [-0.05, 0) is 30.0 Å². The van der Waals surface area contributed by atoms with Crippen LogP contribution in [0.2, 0.25) is 0 Å². The standard InChI is InChI=1S/C18H18N4O2S2/c19-18-22-17(13-7-4-10-25-13)14(26-18)8-9-15(23)20-11-16(24)21-12-5-2-1-3-6-12/h1-7,10H,8-9,11H2,(H2,19,22)(H,20,23)(H,21,24). The van der Waals surface area contributed by atoms with Gasteiger partial charge in [-0.1, -0.05) is 24.3 Å². The first-order valence-corrected chi connectivity index (χ1v) is 9.72. The van der Waals surface area contributed by atoms with Crippen LogP contribution in [0.1, 0.15) is 11.3 Å². The van der Waals surface area contributed by atoms with Crippen molar-refractivity contribution >= 4 is 45.3 Å². The molecule has 4 N–H and O–H groups in total. The van der Waals surface area contributed by atoms with Crippen LogP contribution in [0.4, 0.5) is 10.8 Å². The van der Waals surface area contributed by atoms with Crippen LogP contribution in [0, 0.1) is 0 Å². The van der Waals surface area contributed by atoms with E-state index in [0.717, 1.165) is 15.4 Å². The Labute approximate surface area is 159 Å². The Balaban J connectivity index is 1.48. The molecule has 0 radical (unpaired) electrons. The van der Waals surface area contributed by atoms with E-state index in [0.29, 0.717) is 17.2 Å². The molecule has 1 aromatic carbocycles.